The fraction of sp³-hybridized carbons (Fsp3) is 0.0833. The Morgan fingerprint density at radius 2 is 1.95 bits per heavy atom. The van der Waals surface area contributed by atoms with Gasteiger partial charge in [0.05, 0.1) is 15.0 Å². The van der Waals surface area contributed by atoms with Crippen molar-refractivity contribution in [3.63, 3.8) is 0 Å². The Bertz CT molecular complexity index is 815. The van der Waals surface area contributed by atoms with E-state index in [1.54, 1.807) is 6.92 Å². The third-order valence-electron chi connectivity index (χ3n) is 2.59. The number of aryl methyl sites for hydroxylation is 1. The lowest BCUT2D eigenvalue weighted by Gasteiger charge is -2.10. The molecule has 0 aliphatic rings. The number of benzene rings is 1. The zero-order valence-electron chi connectivity index (χ0n) is 10.6. The van der Waals surface area contributed by atoms with Crippen molar-refractivity contribution in [1.29, 1.82) is 0 Å². The molecule has 2 N–H and O–H groups in total. The van der Waals surface area contributed by atoms with E-state index in [0.717, 1.165) is 0 Å². The predicted octanol–water partition coefficient (Wildman–Crippen LogP) is 4.08. The van der Waals surface area contributed by atoms with Crippen molar-refractivity contribution in [3.8, 4) is 0 Å². The molecule has 2 aromatic rings. The summed E-state index contributed by atoms with van der Waals surface area (Å²) < 4.78 is 28.4. The maximum atomic E-state index is 12.4. The van der Waals surface area contributed by atoms with Gasteiger partial charge in [0.2, 0.25) is 0 Å². The van der Waals surface area contributed by atoms with Crippen molar-refractivity contribution >= 4 is 64.9 Å². The minimum absolute atomic E-state index is 0.0126. The minimum atomic E-state index is -3.85. The highest BCUT2D eigenvalue weighted by Gasteiger charge is 2.22. The lowest BCUT2D eigenvalue weighted by molar-refractivity contribution is 0.0698. The molecule has 1 heterocycles. The molecule has 0 unspecified atom stereocenters. The van der Waals surface area contributed by atoms with Crippen molar-refractivity contribution < 1.29 is 18.3 Å². The molecule has 1 aromatic heterocycles. The number of thiophene rings is 1. The number of anilines is 1. The summed E-state index contributed by atoms with van der Waals surface area (Å²) in [5.74, 6) is -1.21. The van der Waals surface area contributed by atoms with E-state index in [1.165, 1.54) is 35.6 Å². The summed E-state index contributed by atoms with van der Waals surface area (Å²) >= 11 is 7.72. The highest BCUT2D eigenvalue weighted by Crippen LogP contribution is 2.32. The molecule has 0 atom stereocenters. The van der Waals surface area contributed by atoms with Crippen molar-refractivity contribution in [2.75, 3.05) is 4.72 Å². The molecule has 0 radical (unpaired) electrons. The molecular formula is C12H9Br2NO4S2. The van der Waals surface area contributed by atoms with Gasteiger partial charge in [-0.1, -0.05) is 15.9 Å². The number of aromatic carboxylic acids is 1. The van der Waals surface area contributed by atoms with Gasteiger partial charge in [-0.2, -0.15) is 0 Å². The van der Waals surface area contributed by atoms with Gasteiger partial charge in [0.1, 0.15) is 4.90 Å². The largest absolute Gasteiger partial charge is 0.478 e. The maximum Gasteiger partial charge on any atom is 0.337 e. The number of rotatable bonds is 4. The second-order valence-electron chi connectivity index (χ2n) is 4.07. The van der Waals surface area contributed by atoms with Crippen LogP contribution in [-0.2, 0) is 10.0 Å². The Balaban J connectivity index is 2.48. The summed E-state index contributed by atoms with van der Waals surface area (Å²) in [6.45, 7) is 1.68. The zero-order valence-corrected chi connectivity index (χ0v) is 15.4. The van der Waals surface area contributed by atoms with Gasteiger partial charge in [0, 0.05) is 9.35 Å². The van der Waals surface area contributed by atoms with E-state index < -0.39 is 16.0 Å². The van der Waals surface area contributed by atoms with E-state index in [4.69, 9.17) is 5.11 Å². The summed E-state index contributed by atoms with van der Waals surface area (Å²) in [6.07, 6.45) is 0. The van der Waals surface area contributed by atoms with E-state index in [0.29, 0.717) is 13.1 Å². The predicted molar refractivity (Wildman–Crippen MR) is 88.7 cm³/mol. The van der Waals surface area contributed by atoms with E-state index in [9.17, 15) is 13.2 Å². The number of carboxylic acid groups (broad SMARTS) is 1. The fourth-order valence-corrected chi connectivity index (χ4v) is 5.53. The highest BCUT2D eigenvalue weighted by molar-refractivity contribution is 9.11. The van der Waals surface area contributed by atoms with Crippen LogP contribution >= 0.6 is 43.2 Å². The van der Waals surface area contributed by atoms with Crippen molar-refractivity contribution in [2.24, 2.45) is 0 Å². The Hall–Kier alpha value is -0.900. The van der Waals surface area contributed by atoms with Crippen LogP contribution in [0.2, 0.25) is 0 Å². The molecule has 2 rings (SSSR count). The first-order valence-electron chi connectivity index (χ1n) is 5.52. The summed E-state index contributed by atoms with van der Waals surface area (Å²) in [7, 11) is -3.85. The van der Waals surface area contributed by atoms with Crippen LogP contribution < -0.4 is 4.72 Å². The summed E-state index contributed by atoms with van der Waals surface area (Å²) in [6, 6.07) is 5.77. The van der Waals surface area contributed by atoms with Gasteiger partial charge in [-0.05, 0) is 47.1 Å². The van der Waals surface area contributed by atoms with Crippen LogP contribution in [-0.4, -0.2) is 19.5 Å². The summed E-state index contributed by atoms with van der Waals surface area (Å²) in [5, 5.41) is 9.13. The number of hydrogen-bond acceptors (Lipinski definition) is 4. The molecule has 5 nitrogen and oxygen atoms in total. The normalized spacial score (nSPS) is 11.4. The molecule has 0 amide bonds. The topological polar surface area (TPSA) is 83.5 Å². The van der Waals surface area contributed by atoms with Crippen LogP contribution in [0.1, 0.15) is 15.2 Å². The van der Waals surface area contributed by atoms with Crippen LogP contribution in [0.15, 0.2) is 37.4 Å². The molecule has 0 spiro atoms. The Labute approximate surface area is 142 Å². The number of carboxylic acids is 1. The van der Waals surface area contributed by atoms with Gasteiger partial charge in [0.15, 0.2) is 0 Å². The van der Waals surface area contributed by atoms with Crippen LogP contribution in [0, 0.1) is 6.92 Å². The monoisotopic (exact) mass is 453 g/mol. The zero-order chi connectivity index (χ0) is 15.8. The number of nitrogens with one attached hydrogen (secondary N) is 1. The van der Waals surface area contributed by atoms with Gasteiger partial charge in [-0.25, -0.2) is 13.2 Å². The molecule has 9 heteroatoms. The first-order chi connectivity index (χ1) is 9.70. The third kappa shape index (κ3) is 3.65. The molecule has 0 fully saturated rings. The van der Waals surface area contributed by atoms with E-state index in [1.807, 2.05) is 0 Å². The molecular weight excluding hydrogens is 446 g/mol. The van der Waals surface area contributed by atoms with Crippen molar-refractivity contribution in [1.82, 2.24) is 0 Å². The van der Waals surface area contributed by atoms with Crippen LogP contribution in [0.5, 0.6) is 0 Å². The molecule has 112 valence electrons. The minimum Gasteiger partial charge on any atom is -0.478 e. The van der Waals surface area contributed by atoms with Gasteiger partial charge in [0.25, 0.3) is 10.0 Å². The molecule has 0 bridgehead atoms. The average Bonchev–Trinajstić information content (AvgIpc) is 2.68. The summed E-state index contributed by atoms with van der Waals surface area (Å²) in [5.41, 5.74) is -0.104. The first kappa shape index (κ1) is 16.5. The van der Waals surface area contributed by atoms with Gasteiger partial charge in [-0.15, -0.1) is 11.3 Å². The SMILES string of the molecule is Cc1sc(Br)cc1S(=O)(=O)Nc1cc(Br)ccc1C(=O)O. The van der Waals surface area contributed by atoms with Gasteiger partial charge >= 0.3 is 5.97 Å². The van der Waals surface area contributed by atoms with Gasteiger partial charge < -0.3 is 5.11 Å². The summed E-state index contributed by atoms with van der Waals surface area (Å²) in [4.78, 5) is 11.9. The Morgan fingerprint density at radius 1 is 1.29 bits per heavy atom. The third-order valence-corrected chi connectivity index (χ3v) is 6.26. The van der Waals surface area contributed by atoms with Gasteiger partial charge in [-0.3, -0.25) is 4.72 Å². The molecule has 0 aliphatic heterocycles. The molecule has 0 saturated heterocycles. The van der Waals surface area contributed by atoms with E-state index in [2.05, 4.69) is 36.6 Å². The quantitative estimate of drug-likeness (QED) is 0.728. The fourth-order valence-electron chi connectivity index (χ4n) is 1.68. The van der Waals surface area contributed by atoms with Crippen LogP contribution in [0.3, 0.4) is 0 Å². The second kappa shape index (κ2) is 6.07. The lowest BCUT2D eigenvalue weighted by atomic mass is 10.2. The molecule has 21 heavy (non-hydrogen) atoms. The second-order valence-corrected chi connectivity index (χ2v) is 9.27. The molecule has 0 saturated carbocycles. The maximum absolute atomic E-state index is 12.4. The van der Waals surface area contributed by atoms with E-state index >= 15 is 0 Å². The Kier molecular flexibility index (Phi) is 4.76. The van der Waals surface area contributed by atoms with E-state index in [-0.39, 0.29) is 16.1 Å². The number of carbonyl (C=O) groups is 1. The van der Waals surface area contributed by atoms with Crippen molar-refractivity contribution in [3.05, 3.63) is 43.0 Å². The molecule has 0 aliphatic carbocycles. The molecule has 1 aromatic carbocycles. The first-order valence-corrected chi connectivity index (χ1v) is 9.41. The number of sulfonamides is 1. The highest BCUT2D eigenvalue weighted by atomic mass is 79.9. The smallest absolute Gasteiger partial charge is 0.337 e. The Morgan fingerprint density at radius 3 is 2.48 bits per heavy atom. The van der Waals surface area contributed by atoms with Crippen molar-refractivity contribution in [2.45, 2.75) is 11.8 Å². The number of hydrogen-bond donors (Lipinski definition) is 2. The van der Waals surface area contributed by atoms with Crippen LogP contribution in [0.25, 0.3) is 0 Å². The number of halogens is 2. The lowest BCUT2D eigenvalue weighted by Crippen LogP contribution is -2.15. The standard InChI is InChI=1S/C12H9Br2NO4S2/c1-6-10(5-11(14)20-6)21(18,19)15-9-4-7(13)2-3-8(9)12(16)17/h2-5,15H,1H3,(H,16,17). The average molecular weight is 455 g/mol. The van der Waals surface area contributed by atoms with Crippen LogP contribution in [0.4, 0.5) is 5.69 Å².